The second-order valence-corrected chi connectivity index (χ2v) is 39.5. The van der Waals surface area contributed by atoms with E-state index < -0.39 is 0 Å². The van der Waals surface area contributed by atoms with Crippen LogP contribution >= 0.6 is 0 Å². The van der Waals surface area contributed by atoms with Crippen molar-refractivity contribution in [1.29, 1.82) is 0 Å². The maximum Gasteiger partial charge on any atom is 0.0701 e. The molecule has 2 unspecified atom stereocenters. The number of rotatable bonds is 10. The van der Waals surface area contributed by atoms with E-state index in [1.807, 2.05) is 0 Å². The largest absolute Gasteiger partial charge is 0.0701 e. The first kappa shape index (κ1) is 88.9. The van der Waals surface area contributed by atoms with Crippen molar-refractivity contribution in [3.05, 3.63) is 559 Å². The zero-order valence-corrected chi connectivity index (χ0v) is 80.3. The van der Waals surface area contributed by atoms with Gasteiger partial charge in [0, 0.05) is 27.1 Å². The number of fused-ring (bicyclic) bond motifs is 19. The molecule has 0 saturated heterocycles. The second kappa shape index (κ2) is 37.4. The molecule has 18 aromatic carbocycles. The van der Waals surface area contributed by atoms with Crippen LogP contribution in [0.1, 0.15) is 221 Å². The van der Waals surface area contributed by atoms with Crippen molar-refractivity contribution in [3.8, 4) is 77.9 Å². The van der Waals surface area contributed by atoms with Gasteiger partial charge in [0.15, 0.2) is 0 Å². The minimum atomic E-state index is -0.336. The van der Waals surface area contributed by atoms with Crippen LogP contribution in [0.3, 0.4) is 0 Å². The summed E-state index contributed by atoms with van der Waals surface area (Å²) in [5.74, 6) is 0. The molecule has 0 bridgehead atoms. The molecule has 0 amide bonds. The smallest absolute Gasteiger partial charge is 0.0642 e. The van der Waals surface area contributed by atoms with Crippen molar-refractivity contribution >= 4 is 0 Å². The van der Waals surface area contributed by atoms with E-state index in [-0.39, 0.29) is 21.7 Å². The molecule has 7 aliphatic carbocycles. The van der Waals surface area contributed by atoms with E-state index >= 15 is 0 Å². The Morgan fingerprint density at radius 3 is 0.852 bits per heavy atom. The molecule has 0 heterocycles. The molecule has 0 nitrogen and oxygen atoms in total. The van der Waals surface area contributed by atoms with Crippen molar-refractivity contribution in [3.63, 3.8) is 0 Å². The lowest BCUT2D eigenvalue weighted by molar-refractivity contribution is 0.352. The third kappa shape index (κ3) is 15.8. The Bertz CT molecular complexity index is 7070. The van der Waals surface area contributed by atoms with Crippen LogP contribution in [0, 0.1) is 41.5 Å². The molecular formula is C135H124. The van der Waals surface area contributed by atoms with Crippen LogP contribution in [0.4, 0.5) is 0 Å². The number of hydrogen-bond acceptors (Lipinski definition) is 0. The summed E-state index contributed by atoms with van der Waals surface area (Å²) in [6.07, 6.45) is 14.6. The summed E-state index contributed by atoms with van der Waals surface area (Å²) in [5, 5.41) is 0. The summed E-state index contributed by atoms with van der Waals surface area (Å²) >= 11 is 0. The zero-order chi connectivity index (χ0) is 92.5. The molecule has 2 fully saturated rings. The Morgan fingerprint density at radius 2 is 0.444 bits per heavy atom. The molecule has 0 aromatic heterocycles. The molecule has 7 aliphatic rings. The third-order valence-electron chi connectivity index (χ3n) is 31.8. The Kier molecular flexibility index (Phi) is 24.6. The number of hydrogen-bond donors (Lipinski definition) is 0. The van der Waals surface area contributed by atoms with E-state index in [4.69, 9.17) is 0 Å². The van der Waals surface area contributed by atoms with Gasteiger partial charge in [0.05, 0.1) is 5.41 Å². The Morgan fingerprint density at radius 1 is 0.193 bits per heavy atom. The maximum absolute atomic E-state index is 2.45. The van der Waals surface area contributed by atoms with Gasteiger partial charge < -0.3 is 0 Å². The van der Waals surface area contributed by atoms with Crippen LogP contribution in [0.5, 0.6) is 0 Å². The van der Waals surface area contributed by atoms with Crippen molar-refractivity contribution in [2.75, 3.05) is 0 Å². The molecule has 2 spiro atoms. The lowest BCUT2D eigenvalue weighted by Gasteiger charge is -2.36. The first-order chi connectivity index (χ1) is 66.0. The summed E-state index contributed by atoms with van der Waals surface area (Å²) in [4.78, 5) is 0. The molecule has 0 radical (unpaired) electrons. The zero-order valence-electron chi connectivity index (χ0n) is 80.3. The lowest BCUT2D eigenvalue weighted by atomic mass is 9.65. The Hall–Kier alpha value is -14.0. The van der Waals surface area contributed by atoms with E-state index in [1.54, 1.807) is 22.3 Å². The quantitative estimate of drug-likeness (QED) is 0.120. The molecule has 2 atom stereocenters. The van der Waals surface area contributed by atoms with Crippen LogP contribution in [-0.4, -0.2) is 0 Å². The average Bonchev–Trinajstić information content (AvgIpc) is 1.29. The Balaban J connectivity index is 0.000000101. The highest BCUT2D eigenvalue weighted by Gasteiger charge is 2.48. The fraction of sp³-hybridized carbons (Fsp3) is 0.200. The summed E-state index contributed by atoms with van der Waals surface area (Å²) in [5.41, 5.74) is 50.6. The normalized spacial score (nSPS) is 16.4. The van der Waals surface area contributed by atoms with Gasteiger partial charge in [-0.05, 0) is 273 Å². The molecule has 2 saturated carbocycles. The predicted octanol–water partition coefficient (Wildman–Crippen LogP) is 35.5. The van der Waals surface area contributed by atoms with Gasteiger partial charge in [0.1, 0.15) is 0 Å². The van der Waals surface area contributed by atoms with Gasteiger partial charge in [-0.25, -0.2) is 0 Å². The van der Waals surface area contributed by atoms with Crippen LogP contribution in [0.15, 0.2) is 437 Å². The molecule has 0 heteroatoms. The van der Waals surface area contributed by atoms with Gasteiger partial charge >= 0.3 is 0 Å². The maximum atomic E-state index is 2.45. The first-order valence-electron chi connectivity index (χ1n) is 49.6. The van der Waals surface area contributed by atoms with Crippen molar-refractivity contribution < 1.29 is 0 Å². The molecule has 0 aliphatic heterocycles. The van der Waals surface area contributed by atoms with Gasteiger partial charge in [-0.1, -0.05) is 504 Å². The van der Waals surface area contributed by atoms with Gasteiger partial charge in [0.25, 0.3) is 0 Å². The lowest BCUT2D eigenvalue weighted by Crippen LogP contribution is -2.30. The number of benzene rings is 18. The summed E-state index contributed by atoms with van der Waals surface area (Å²) in [6.45, 7) is 22.5. The van der Waals surface area contributed by atoms with Crippen LogP contribution < -0.4 is 0 Å². The SMILES string of the molecule is CCC1(CC)c2ccccc2-c2ccc(C)cc21.Cc1ccc(-c2ccc3c(c2)C(C)(c2ccccc2)c2ccccc2-3)cc1.Cc1ccc(C(c2ccccc2)(c2ccccc2)c2ccccc2)cc1.Cc1ccc2c(c1)C(C)(c1ccccc1)c1cc(-c3ccccc3)ccc1-2.Cc1ccc2c(c1)C1(CCCC1)c1ccccc1-2.Cc1ccc2c(c1)C1(CCCCC1)c1ccccc1-2. The molecule has 135 heavy (non-hydrogen) atoms. The number of aryl methyl sites for hydroxylation is 6. The van der Waals surface area contributed by atoms with Crippen LogP contribution in [0.2, 0.25) is 0 Å². The highest BCUT2D eigenvalue weighted by atomic mass is 14.5. The van der Waals surface area contributed by atoms with Crippen LogP contribution in [0.25, 0.3) is 77.9 Å². The average molecular weight is 1750 g/mol. The second-order valence-electron chi connectivity index (χ2n) is 39.5. The van der Waals surface area contributed by atoms with Gasteiger partial charge in [0.2, 0.25) is 0 Å². The first-order valence-corrected chi connectivity index (χ1v) is 49.6. The van der Waals surface area contributed by atoms with Gasteiger partial charge in [-0.3, -0.25) is 0 Å². The highest BCUT2D eigenvalue weighted by molar-refractivity contribution is 5.89. The van der Waals surface area contributed by atoms with E-state index in [0.29, 0.717) is 10.8 Å². The highest BCUT2D eigenvalue weighted by Crippen LogP contribution is 2.61. The van der Waals surface area contributed by atoms with Gasteiger partial charge in [-0.2, -0.15) is 0 Å². The van der Waals surface area contributed by atoms with E-state index in [2.05, 4.69) is 506 Å². The summed E-state index contributed by atoms with van der Waals surface area (Å²) in [6, 6.07) is 160. The van der Waals surface area contributed by atoms with Gasteiger partial charge in [-0.15, -0.1) is 0 Å². The van der Waals surface area contributed by atoms with Crippen molar-refractivity contribution in [1.82, 2.24) is 0 Å². The topological polar surface area (TPSA) is 0 Å². The molecule has 25 rings (SSSR count). The minimum Gasteiger partial charge on any atom is -0.0642 e. The summed E-state index contributed by atoms with van der Waals surface area (Å²) in [7, 11) is 0. The predicted molar refractivity (Wildman–Crippen MR) is 572 cm³/mol. The molecule has 18 aromatic rings. The molecule has 664 valence electrons. The van der Waals surface area contributed by atoms with Crippen molar-refractivity contribution in [2.45, 2.75) is 172 Å². The Labute approximate surface area is 803 Å². The van der Waals surface area contributed by atoms with E-state index in [1.165, 1.54) is 249 Å². The standard InChI is InChI=1S/2C27H22.C26H22.C19H20.C18H18.C18H20/c1-19-13-15-23-24-16-14-21(20-9-5-3-6-10-20)18-26(24)27(2,25(23)17-19)22-11-7-4-8-12-22;1-19-12-14-20(15-13-19)21-16-17-24-23-10-6-7-11-25(23)27(2,26(24)18-21)22-8-4-3-5-9-22;1-21-17-19-25(20-18-21)26(22-11-5-2-6-12-22,23-13-7-3-8-14-23)24-15-9-4-10-16-24;1-14-9-10-16-15-7-3-4-8-17(15)19(18(16)13-14)11-5-2-6-12-19;1-13-8-9-15-14-6-2-3-7-16(14)18(17(15)12-13)10-4-5-11-18;1-4-18(5-2)16-9-7-6-8-14(16)15-11-10-13(3)12-17(15)18/h2*3-18H,1-2H3;2-20H,1H3;3-4,7-10,13H,2,5-6,11-12H2,1H3;2-3,6-9,12H,4-5,10-11H2,1H3;6-12H,4-5H2,1-3H3. The molecule has 0 N–H and O–H groups in total. The fourth-order valence-electron chi connectivity index (χ4n) is 24.8. The van der Waals surface area contributed by atoms with E-state index in [9.17, 15) is 0 Å². The third-order valence-corrected chi connectivity index (χ3v) is 31.8. The summed E-state index contributed by atoms with van der Waals surface area (Å²) < 4.78 is 0. The molecular weight excluding hydrogens is 1620 g/mol. The minimum absolute atomic E-state index is 0.131. The van der Waals surface area contributed by atoms with E-state index in [0.717, 1.165) is 0 Å². The fourth-order valence-corrected chi connectivity index (χ4v) is 24.8. The monoisotopic (exact) mass is 1740 g/mol. The van der Waals surface area contributed by atoms with Crippen molar-refractivity contribution in [2.24, 2.45) is 0 Å². The van der Waals surface area contributed by atoms with Crippen LogP contribution in [-0.2, 0) is 32.5 Å².